The summed E-state index contributed by atoms with van der Waals surface area (Å²) in [6.07, 6.45) is 0. The fourth-order valence-electron chi connectivity index (χ4n) is 2.41. The number of nitrogens with one attached hydrogen (secondary N) is 3. The third kappa shape index (κ3) is 4.73. The minimum Gasteiger partial charge on any atom is -0.403 e. The lowest BCUT2D eigenvalue weighted by molar-refractivity contribution is 0.511. The Morgan fingerprint density at radius 2 is 1.86 bits per heavy atom. The van der Waals surface area contributed by atoms with Crippen LogP contribution in [0.15, 0.2) is 34.7 Å². The van der Waals surface area contributed by atoms with Gasteiger partial charge in [0.15, 0.2) is 11.6 Å². The molecule has 1 aromatic heterocycles. The fourth-order valence-corrected chi connectivity index (χ4v) is 2.87. The Labute approximate surface area is 173 Å². The van der Waals surface area contributed by atoms with E-state index in [0.717, 1.165) is 12.6 Å². The number of rotatable bonds is 8. The molecule has 1 heterocycles. The molecule has 148 valence electrons. The van der Waals surface area contributed by atoms with Gasteiger partial charge in [-0.2, -0.15) is 0 Å². The molecule has 2 aromatic carbocycles. The van der Waals surface area contributed by atoms with E-state index in [-0.39, 0.29) is 28.8 Å². The van der Waals surface area contributed by atoms with E-state index in [9.17, 15) is 13.2 Å². The van der Waals surface area contributed by atoms with Gasteiger partial charge in [0.2, 0.25) is 0 Å². The average Bonchev–Trinajstić information content (AvgIpc) is 3.13. The summed E-state index contributed by atoms with van der Waals surface area (Å²) in [5.41, 5.74) is -0.179. The van der Waals surface area contributed by atoms with E-state index in [1.807, 2.05) is 29.5 Å². The second-order valence-electron chi connectivity index (χ2n) is 5.73. The van der Waals surface area contributed by atoms with Gasteiger partial charge in [0.05, 0.1) is 16.9 Å². The topological polar surface area (TPSA) is 75.0 Å². The van der Waals surface area contributed by atoms with Crippen molar-refractivity contribution in [2.45, 2.75) is 6.92 Å². The van der Waals surface area contributed by atoms with Gasteiger partial charge in [0, 0.05) is 16.7 Å². The van der Waals surface area contributed by atoms with Crippen molar-refractivity contribution in [1.29, 1.82) is 0 Å². The molecule has 0 spiro atoms. The Morgan fingerprint density at radius 3 is 2.61 bits per heavy atom. The predicted octanol–water partition coefficient (Wildman–Crippen LogP) is 4.52. The summed E-state index contributed by atoms with van der Waals surface area (Å²) < 4.78 is 48.6. The molecule has 3 N–H and O–H groups in total. The maximum Gasteiger partial charge on any atom is 0.315 e. The molecule has 0 aliphatic heterocycles. The molecule has 0 fully saturated rings. The molecule has 10 heteroatoms. The van der Waals surface area contributed by atoms with Crippen LogP contribution in [0.2, 0.25) is 0 Å². The number of likely N-dealkylation sites (N-methyl/N-ethyl adjacent to an activating group) is 1. The molecule has 0 saturated carbocycles. The zero-order chi connectivity index (χ0) is 20.1. The van der Waals surface area contributed by atoms with Gasteiger partial charge >= 0.3 is 6.01 Å². The van der Waals surface area contributed by atoms with E-state index in [0.29, 0.717) is 16.7 Å². The van der Waals surface area contributed by atoms with Gasteiger partial charge in [0.25, 0.3) is 5.89 Å². The molecule has 0 aliphatic carbocycles. The summed E-state index contributed by atoms with van der Waals surface area (Å²) in [6, 6.07) is 6.74. The van der Waals surface area contributed by atoms with Crippen LogP contribution in [0.5, 0.6) is 0 Å². The van der Waals surface area contributed by atoms with Gasteiger partial charge in [-0.25, -0.2) is 13.2 Å². The van der Waals surface area contributed by atoms with Crippen LogP contribution in [0.25, 0.3) is 11.5 Å². The molecule has 28 heavy (non-hydrogen) atoms. The normalized spacial score (nSPS) is 10.9. The highest BCUT2D eigenvalue weighted by molar-refractivity contribution is 14.1. The Kier molecular flexibility index (Phi) is 6.73. The van der Waals surface area contributed by atoms with Gasteiger partial charge in [-0.15, -0.1) is 5.10 Å². The second-order valence-corrected chi connectivity index (χ2v) is 6.97. The lowest BCUT2D eigenvalue weighted by Gasteiger charge is -2.12. The largest absolute Gasteiger partial charge is 0.403 e. The van der Waals surface area contributed by atoms with Crippen LogP contribution in [-0.4, -0.2) is 29.8 Å². The first kappa shape index (κ1) is 20.4. The zero-order valence-corrected chi connectivity index (χ0v) is 17.0. The van der Waals surface area contributed by atoms with Crippen LogP contribution in [0.3, 0.4) is 0 Å². The highest BCUT2D eigenvalue weighted by Gasteiger charge is 2.20. The molecular formula is C18H17F3IN5O. The Hall–Kier alpha value is -2.34. The summed E-state index contributed by atoms with van der Waals surface area (Å²) in [6.45, 7) is 4.05. The van der Waals surface area contributed by atoms with Gasteiger partial charge in [-0.05, 0) is 59.5 Å². The summed E-state index contributed by atoms with van der Waals surface area (Å²) in [5.74, 6) is -2.88. The van der Waals surface area contributed by atoms with Crippen LogP contribution in [-0.2, 0) is 0 Å². The summed E-state index contributed by atoms with van der Waals surface area (Å²) in [5, 5.41) is 16.4. The average molecular weight is 503 g/mol. The first-order valence-electron chi connectivity index (χ1n) is 8.48. The van der Waals surface area contributed by atoms with Crippen LogP contribution in [0.1, 0.15) is 6.92 Å². The molecule has 0 saturated heterocycles. The molecule has 3 aromatic rings. The standard InChI is InChI=1S/C18H17F3IN5O/c1-2-23-7-8-24-18-27-26-17(28-18)11-4-5-12(19)15(21)16(11)25-14-6-3-10(22)9-13(14)20/h3-6,9,23,25H,2,7-8H2,1H3,(H,24,27). The van der Waals surface area contributed by atoms with Gasteiger partial charge < -0.3 is 20.4 Å². The number of anilines is 3. The minimum absolute atomic E-state index is 0.00494. The van der Waals surface area contributed by atoms with Crippen LogP contribution >= 0.6 is 22.6 Å². The summed E-state index contributed by atoms with van der Waals surface area (Å²) in [7, 11) is 0. The number of halogens is 4. The van der Waals surface area contributed by atoms with Crippen LogP contribution < -0.4 is 16.0 Å². The molecule has 6 nitrogen and oxygen atoms in total. The molecule has 0 unspecified atom stereocenters. The SMILES string of the molecule is CCNCCNc1nnc(-c2ccc(F)c(F)c2Nc2ccc(I)cc2F)o1. The van der Waals surface area contributed by atoms with Crippen molar-refractivity contribution < 1.29 is 17.6 Å². The quantitative estimate of drug-likeness (QED) is 0.310. The molecule has 0 aliphatic rings. The van der Waals surface area contributed by atoms with E-state index in [2.05, 4.69) is 26.1 Å². The predicted molar refractivity (Wildman–Crippen MR) is 109 cm³/mol. The van der Waals surface area contributed by atoms with Gasteiger partial charge in [-0.1, -0.05) is 12.0 Å². The Balaban J connectivity index is 1.90. The number of aromatic nitrogens is 2. The number of hydrogen-bond acceptors (Lipinski definition) is 6. The minimum atomic E-state index is -1.17. The third-order valence-electron chi connectivity index (χ3n) is 3.77. The van der Waals surface area contributed by atoms with E-state index in [1.54, 1.807) is 6.07 Å². The molecule has 0 bridgehead atoms. The number of benzene rings is 2. The van der Waals surface area contributed by atoms with Gasteiger partial charge in [-0.3, -0.25) is 0 Å². The monoisotopic (exact) mass is 503 g/mol. The van der Waals surface area contributed by atoms with E-state index in [4.69, 9.17) is 4.42 Å². The number of hydrogen-bond donors (Lipinski definition) is 3. The van der Waals surface area contributed by atoms with Crippen molar-refractivity contribution in [1.82, 2.24) is 15.5 Å². The maximum absolute atomic E-state index is 14.5. The van der Waals surface area contributed by atoms with Crippen molar-refractivity contribution in [3.63, 3.8) is 0 Å². The highest BCUT2D eigenvalue weighted by atomic mass is 127. The van der Waals surface area contributed by atoms with E-state index < -0.39 is 17.5 Å². The van der Waals surface area contributed by atoms with Crippen LogP contribution in [0.4, 0.5) is 30.6 Å². The first-order valence-corrected chi connectivity index (χ1v) is 9.56. The Bertz CT molecular complexity index is 966. The first-order chi connectivity index (χ1) is 13.5. The fraction of sp³-hybridized carbons (Fsp3) is 0.222. The lowest BCUT2D eigenvalue weighted by atomic mass is 10.1. The van der Waals surface area contributed by atoms with Crippen molar-refractivity contribution in [3.8, 4) is 11.5 Å². The number of nitrogens with zero attached hydrogens (tertiary/aromatic N) is 2. The van der Waals surface area contributed by atoms with E-state index >= 15 is 0 Å². The molecule has 3 rings (SSSR count). The molecular weight excluding hydrogens is 486 g/mol. The Morgan fingerprint density at radius 1 is 1.04 bits per heavy atom. The van der Waals surface area contributed by atoms with Crippen LogP contribution in [0, 0.1) is 21.0 Å². The molecule has 0 atom stereocenters. The van der Waals surface area contributed by atoms with Gasteiger partial charge in [0.1, 0.15) is 5.82 Å². The summed E-state index contributed by atoms with van der Waals surface area (Å²) in [4.78, 5) is 0. The third-order valence-corrected chi connectivity index (χ3v) is 4.44. The van der Waals surface area contributed by atoms with Crippen molar-refractivity contribution in [2.24, 2.45) is 0 Å². The summed E-state index contributed by atoms with van der Waals surface area (Å²) >= 11 is 1.95. The molecule has 0 amide bonds. The second kappa shape index (κ2) is 9.24. The lowest BCUT2D eigenvalue weighted by Crippen LogP contribution is -2.21. The van der Waals surface area contributed by atoms with Crippen molar-refractivity contribution in [3.05, 3.63) is 51.4 Å². The molecule has 0 radical (unpaired) electrons. The smallest absolute Gasteiger partial charge is 0.315 e. The highest BCUT2D eigenvalue weighted by Crippen LogP contribution is 2.34. The zero-order valence-electron chi connectivity index (χ0n) is 14.8. The maximum atomic E-state index is 14.5. The van der Waals surface area contributed by atoms with Crippen molar-refractivity contribution >= 4 is 40.0 Å². The van der Waals surface area contributed by atoms with Crippen molar-refractivity contribution in [2.75, 3.05) is 30.3 Å². The van der Waals surface area contributed by atoms with E-state index in [1.165, 1.54) is 18.2 Å².